The zero-order valence-corrected chi connectivity index (χ0v) is 16.6. The zero-order valence-electron chi connectivity index (χ0n) is 15.8. The van der Waals surface area contributed by atoms with Crippen LogP contribution in [0.2, 0.25) is 0 Å². The van der Waals surface area contributed by atoms with E-state index >= 15 is 0 Å². The fraction of sp³-hybridized carbons (Fsp3) is 0.286. The van der Waals surface area contributed by atoms with Crippen LogP contribution in [0.5, 0.6) is 0 Å². The quantitative estimate of drug-likeness (QED) is 0.778. The topological polar surface area (TPSA) is 61.8 Å². The van der Waals surface area contributed by atoms with Crippen molar-refractivity contribution in [3.05, 3.63) is 59.9 Å². The Morgan fingerprint density at radius 3 is 2.68 bits per heavy atom. The van der Waals surface area contributed by atoms with E-state index in [0.717, 1.165) is 17.7 Å². The molecule has 1 atom stereocenters. The maximum Gasteiger partial charge on any atom is 0.242 e. The van der Waals surface area contributed by atoms with Crippen LogP contribution in [0, 0.1) is 12.7 Å². The largest absolute Gasteiger partial charge is 0.326 e. The molecule has 28 heavy (non-hydrogen) atoms. The number of nitrogens with one attached hydrogen (secondary N) is 1. The minimum absolute atomic E-state index is 0.0356. The molecule has 0 saturated carbocycles. The summed E-state index contributed by atoms with van der Waals surface area (Å²) >= 11 is 1.31. The van der Waals surface area contributed by atoms with E-state index in [1.807, 2.05) is 38.1 Å². The lowest BCUT2D eigenvalue weighted by atomic mass is 10.2. The lowest BCUT2D eigenvalue weighted by Crippen LogP contribution is -2.34. The Bertz CT molecular complexity index is 899. The molecule has 0 radical (unpaired) electrons. The zero-order chi connectivity index (χ0) is 20.1. The highest BCUT2D eigenvalue weighted by Gasteiger charge is 2.38. The lowest BCUT2D eigenvalue weighted by molar-refractivity contribution is -0.128. The number of hydrogen-bond acceptors (Lipinski definition) is 4. The highest BCUT2D eigenvalue weighted by Crippen LogP contribution is 2.32. The number of amidine groups is 1. The van der Waals surface area contributed by atoms with Crippen LogP contribution in [0.1, 0.15) is 25.3 Å². The number of carbonyl (C=O) groups is 2. The van der Waals surface area contributed by atoms with Gasteiger partial charge in [-0.15, -0.1) is 0 Å². The predicted molar refractivity (Wildman–Crippen MR) is 111 cm³/mol. The molecule has 0 aromatic heterocycles. The highest BCUT2D eigenvalue weighted by molar-refractivity contribution is 8.15. The van der Waals surface area contributed by atoms with Crippen molar-refractivity contribution in [1.29, 1.82) is 0 Å². The third-order valence-electron chi connectivity index (χ3n) is 4.19. The van der Waals surface area contributed by atoms with Crippen LogP contribution < -0.4 is 5.32 Å². The molecule has 0 spiro atoms. The number of halogens is 1. The van der Waals surface area contributed by atoms with Crippen molar-refractivity contribution < 1.29 is 14.0 Å². The van der Waals surface area contributed by atoms with Crippen LogP contribution in [-0.4, -0.2) is 33.7 Å². The number of anilines is 1. The van der Waals surface area contributed by atoms with Gasteiger partial charge in [-0.2, -0.15) is 0 Å². The Kier molecular flexibility index (Phi) is 6.46. The lowest BCUT2D eigenvalue weighted by Gasteiger charge is -2.15. The molecule has 1 N–H and O–H groups in total. The Labute approximate surface area is 168 Å². The summed E-state index contributed by atoms with van der Waals surface area (Å²) in [5, 5.41) is 2.81. The second kappa shape index (κ2) is 9.01. The molecule has 3 rings (SSSR count). The minimum atomic E-state index is -0.518. The molecule has 2 aromatic carbocycles. The molecular weight excluding hydrogens is 377 g/mol. The number of hydrogen-bond donors (Lipinski definition) is 1. The molecule has 1 aliphatic heterocycles. The Morgan fingerprint density at radius 2 is 2.00 bits per heavy atom. The van der Waals surface area contributed by atoms with E-state index in [9.17, 15) is 14.0 Å². The summed E-state index contributed by atoms with van der Waals surface area (Å²) in [6.45, 7) is 4.55. The predicted octanol–water partition coefficient (Wildman–Crippen LogP) is 4.50. The molecule has 7 heteroatoms. The van der Waals surface area contributed by atoms with E-state index in [1.54, 1.807) is 4.90 Å². The molecule has 146 valence electrons. The minimum Gasteiger partial charge on any atom is -0.326 e. The first-order valence-corrected chi connectivity index (χ1v) is 10.0. The van der Waals surface area contributed by atoms with E-state index < -0.39 is 5.25 Å². The second-order valence-corrected chi connectivity index (χ2v) is 7.76. The number of carbonyl (C=O) groups excluding carboxylic acids is 2. The smallest absolute Gasteiger partial charge is 0.242 e. The molecule has 1 saturated heterocycles. The number of amides is 2. The summed E-state index contributed by atoms with van der Waals surface area (Å²) in [6.07, 6.45) is 0.835. The molecule has 1 fully saturated rings. The van der Waals surface area contributed by atoms with Crippen molar-refractivity contribution in [3.8, 4) is 0 Å². The van der Waals surface area contributed by atoms with Gasteiger partial charge in [-0.25, -0.2) is 9.38 Å². The monoisotopic (exact) mass is 399 g/mol. The van der Waals surface area contributed by atoms with Crippen LogP contribution in [0.25, 0.3) is 0 Å². The average molecular weight is 399 g/mol. The van der Waals surface area contributed by atoms with Crippen molar-refractivity contribution in [3.63, 3.8) is 0 Å². The van der Waals surface area contributed by atoms with E-state index in [2.05, 4.69) is 10.3 Å². The summed E-state index contributed by atoms with van der Waals surface area (Å²) < 4.78 is 13.0. The molecule has 0 unspecified atom stereocenters. The van der Waals surface area contributed by atoms with Gasteiger partial charge < -0.3 is 5.32 Å². The molecule has 2 aromatic rings. The van der Waals surface area contributed by atoms with E-state index in [4.69, 9.17) is 0 Å². The average Bonchev–Trinajstić information content (AvgIpc) is 2.93. The van der Waals surface area contributed by atoms with Gasteiger partial charge in [0.25, 0.3) is 0 Å². The first kappa shape index (κ1) is 20.1. The first-order valence-electron chi connectivity index (χ1n) is 9.15. The summed E-state index contributed by atoms with van der Waals surface area (Å²) in [4.78, 5) is 31.4. The van der Waals surface area contributed by atoms with Gasteiger partial charge in [-0.05, 0) is 55.3 Å². The van der Waals surface area contributed by atoms with Gasteiger partial charge in [-0.1, -0.05) is 30.8 Å². The van der Waals surface area contributed by atoms with Gasteiger partial charge >= 0.3 is 0 Å². The molecule has 5 nitrogen and oxygen atoms in total. The van der Waals surface area contributed by atoms with Crippen LogP contribution in [0.4, 0.5) is 15.8 Å². The fourth-order valence-electron chi connectivity index (χ4n) is 2.88. The fourth-order valence-corrected chi connectivity index (χ4v) is 4.06. The van der Waals surface area contributed by atoms with Crippen LogP contribution in [-0.2, 0) is 9.59 Å². The van der Waals surface area contributed by atoms with Gasteiger partial charge in [0.2, 0.25) is 11.8 Å². The second-order valence-electron chi connectivity index (χ2n) is 6.59. The van der Waals surface area contributed by atoms with Crippen molar-refractivity contribution in [2.45, 2.75) is 31.9 Å². The Balaban J connectivity index is 1.72. The summed E-state index contributed by atoms with van der Waals surface area (Å²) in [5.41, 5.74) is 2.38. The van der Waals surface area contributed by atoms with Gasteiger partial charge in [0.05, 0.1) is 5.69 Å². The normalized spacial score (nSPS) is 18.0. The summed E-state index contributed by atoms with van der Waals surface area (Å²) in [6, 6.07) is 13.3. The molecule has 2 amide bonds. The van der Waals surface area contributed by atoms with E-state index in [0.29, 0.717) is 17.4 Å². The van der Waals surface area contributed by atoms with Crippen LogP contribution in [0.15, 0.2) is 53.5 Å². The first-order chi connectivity index (χ1) is 13.5. The maximum atomic E-state index is 13.0. The SMILES string of the molecule is CCCN1C(=O)[C@@H](CC(=O)Nc2ccc(F)cc2)SC1=Nc1cccc(C)c1. The van der Waals surface area contributed by atoms with Gasteiger partial charge in [0.1, 0.15) is 11.1 Å². The molecule has 1 aliphatic rings. The van der Waals surface area contributed by atoms with Crippen molar-refractivity contribution in [2.75, 3.05) is 11.9 Å². The molecule has 0 bridgehead atoms. The number of aliphatic imine (C=N–C) groups is 1. The van der Waals surface area contributed by atoms with Gasteiger partial charge in [-0.3, -0.25) is 14.5 Å². The third kappa shape index (κ3) is 4.98. The molecule has 1 heterocycles. The third-order valence-corrected chi connectivity index (χ3v) is 5.37. The Morgan fingerprint density at radius 1 is 1.25 bits per heavy atom. The number of nitrogens with zero attached hydrogens (tertiary/aromatic N) is 2. The highest BCUT2D eigenvalue weighted by atomic mass is 32.2. The summed E-state index contributed by atoms with van der Waals surface area (Å²) in [7, 11) is 0. The number of benzene rings is 2. The standard InChI is InChI=1S/C21H22FN3O2S/c1-3-11-25-20(27)18(13-19(26)23-16-9-7-15(22)8-10-16)28-21(25)24-17-6-4-5-14(2)12-17/h4-10,12,18H,3,11,13H2,1-2H3,(H,23,26)/t18-/m1/s1. The van der Waals surface area contributed by atoms with E-state index in [-0.39, 0.29) is 24.1 Å². The van der Waals surface area contributed by atoms with Gasteiger partial charge in [0, 0.05) is 18.7 Å². The summed E-state index contributed by atoms with van der Waals surface area (Å²) in [5.74, 6) is -0.759. The molecular formula is C21H22FN3O2S. The van der Waals surface area contributed by atoms with Crippen LogP contribution in [0.3, 0.4) is 0 Å². The van der Waals surface area contributed by atoms with Crippen molar-refractivity contribution in [1.82, 2.24) is 4.90 Å². The Hall–Kier alpha value is -2.67. The van der Waals surface area contributed by atoms with Crippen molar-refractivity contribution in [2.24, 2.45) is 4.99 Å². The van der Waals surface area contributed by atoms with Gasteiger partial charge in [0.15, 0.2) is 5.17 Å². The maximum absolute atomic E-state index is 13.0. The van der Waals surface area contributed by atoms with Crippen LogP contribution >= 0.6 is 11.8 Å². The molecule has 0 aliphatic carbocycles. The van der Waals surface area contributed by atoms with Crippen molar-refractivity contribution >= 4 is 40.1 Å². The number of aryl methyl sites for hydroxylation is 1. The van der Waals surface area contributed by atoms with E-state index in [1.165, 1.54) is 36.0 Å². The number of rotatable bonds is 6. The number of thioether (sulfide) groups is 1.